The van der Waals surface area contributed by atoms with Crippen molar-refractivity contribution in [1.29, 1.82) is 0 Å². The number of pyridine rings is 1. The number of hydrogen-bond donors (Lipinski definition) is 1. The molecular formula is C21H25N3O3S. The zero-order valence-electron chi connectivity index (χ0n) is 16.0. The van der Waals surface area contributed by atoms with Crippen molar-refractivity contribution in [2.24, 2.45) is 0 Å². The molecule has 1 atom stereocenters. The maximum Gasteiger partial charge on any atom is 0.249 e. The standard InChI is InChI=1S/C21H25N3O3S/c1-21(10-7-19(8-11-21)23-18-5-3-2-4-6-18)28(26,27)24-12-9-17-13-16(15-25)14-22-20(17)24/h7-10,12-15,18,23H,2-6,11H2,1H3. The largest absolute Gasteiger partial charge is 0.383 e. The van der Waals surface area contributed by atoms with Gasteiger partial charge in [0, 0.05) is 35.1 Å². The summed E-state index contributed by atoms with van der Waals surface area (Å²) < 4.78 is 27.0. The Morgan fingerprint density at radius 1 is 1.29 bits per heavy atom. The summed E-state index contributed by atoms with van der Waals surface area (Å²) in [5, 5.41) is 4.18. The second kappa shape index (κ2) is 7.20. The first kappa shape index (κ1) is 18.9. The lowest BCUT2D eigenvalue weighted by Crippen LogP contribution is -2.39. The number of hydrogen-bond acceptors (Lipinski definition) is 5. The van der Waals surface area contributed by atoms with Gasteiger partial charge >= 0.3 is 0 Å². The fourth-order valence-corrected chi connectivity index (χ4v) is 5.58. The average Bonchev–Trinajstić information content (AvgIpc) is 3.14. The second-order valence-electron chi connectivity index (χ2n) is 7.90. The van der Waals surface area contributed by atoms with Gasteiger partial charge in [-0.05, 0) is 44.4 Å². The Morgan fingerprint density at radius 2 is 2.07 bits per heavy atom. The second-order valence-corrected chi connectivity index (χ2v) is 10.2. The molecule has 1 unspecified atom stereocenters. The summed E-state index contributed by atoms with van der Waals surface area (Å²) in [7, 11) is -3.71. The van der Waals surface area contributed by atoms with Crippen molar-refractivity contribution >= 4 is 27.3 Å². The molecule has 0 saturated heterocycles. The summed E-state index contributed by atoms with van der Waals surface area (Å²) >= 11 is 0. The van der Waals surface area contributed by atoms with E-state index < -0.39 is 14.8 Å². The molecular weight excluding hydrogens is 374 g/mol. The van der Waals surface area contributed by atoms with Crippen LogP contribution in [0.25, 0.3) is 11.0 Å². The van der Waals surface area contributed by atoms with E-state index in [2.05, 4.69) is 10.3 Å². The van der Waals surface area contributed by atoms with Crippen LogP contribution < -0.4 is 5.32 Å². The summed E-state index contributed by atoms with van der Waals surface area (Å²) in [5.41, 5.74) is 1.77. The molecule has 148 valence electrons. The first-order valence-corrected chi connectivity index (χ1v) is 11.2. The van der Waals surface area contributed by atoms with Crippen LogP contribution in [-0.4, -0.2) is 34.4 Å². The molecule has 0 aromatic carbocycles. The van der Waals surface area contributed by atoms with Crippen molar-refractivity contribution in [3.05, 3.63) is 54.0 Å². The van der Waals surface area contributed by atoms with Crippen LogP contribution in [0.5, 0.6) is 0 Å². The summed E-state index contributed by atoms with van der Waals surface area (Å²) in [6.07, 6.45) is 15.8. The zero-order chi connectivity index (χ0) is 19.8. The highest BCUT2D eigenvalue weighted by atomic mass is 32.2. The molecule has 28 heavy (non-hydrogen) atoms. The number of carbonyl (C=O) groups excluding carboxylic acids is 1. The monoisotopic (exact) mass is 399 g/mol. The lowest BCUT2D eigenvalue weighted by Gasteiger charge is -2.30. The van der Waals surface area contributed by atoms with E-state index in [-0.39, 0.29) is 0 Å². The van der Waals surface area contributed by atoms with Gasteiger partial charge < -0.3 is 5.32 Å². The quantitative estimate of drug-likeness (QED) is 0.778. The average molecular weight is 400 g/mol. The number of aromatic nitrogens is 2. The Bertz CT molecular complexity index is 1060. The summed E-state index contributed by atoms with van der Waals surface area (Å²) in [5.74, 6) is 0. The van der Waals surface area contributed by atoms with Crippen LogP contribution in [0.1, 0.15) is 55.8 Å². The molecule has 2 aromatic rings. The van der Waals surface area contributed by atoms with Crippen molar-refractivity contribution < 1.29 is 13.2 Å². The van der Waals surface area contributed by atoms with Gasteiger partial charge in [-0.2, -0.15) is 0 Å². The Labute approximate surface area is 165 Å². The van der Waals surface area contributed by atoms with Gasteiger partial charge in [0.1, 0.15) is 4.75 Å². The topological polar surface area (TPSA) is 81.1 Å². The highest BCUT2D eigenvalue weighted by Gasteiger charge is 2.39. The van der Waals surface area contributed by atoms with Gasteiger partial charge in [-0.1, -0.05) is 31.4 Å². The third kappa shape index (κ3) is 3.28. The van der Waals surface area contributed by atoms with Gasteiger partial charge in [0.2, 0.25) is 10.0 Å². The summed E-state index contributed by atoms with van der Waals surface area (Å²) in [6.45, 7) is 1.73. The van der Waals surface area contributed by atoms with E-state index in [1.54, 1.807) is 25.1 Å². The first-order valence-electron chi connectivity index (χ1n) is 9.76. The Kier molecular flexibility index (Phi) is 4.87. The number of aldehydes is 1. The maximum atomic E-state index is 13.4. The normalized spacial score (nSPS) is 23.5. The van der Waals surface area contributed by atoms with E-state index >= 15 is 0 Å². The van der Waals surface area contributed by atoms with Crippen LogP contribution in [0.4, 0.5) is 0 Å². The lowest BCUT2D eigenvalue weighted by molar-refractivity contribution is 0.112. The zero-order valence-corrected chi connectivity index (χ0v) is 16.8. The van der Waals surface area contributed by atoms with Crippen molar-refractivity contribution in [2.75, 3.05) is 0 Å². The van der Waals surface area contributed by atoms with Gasteiger partial charge in [0.05, 0.1) is 0 Å². The van der Waals surface area contributed by atoms with E-state index in [1.807, 2.05) is 12.2 Å². The Hall–Kier alpha value is -2.41. The smallest absolute Gasteiger partial charge is 0.249 e. The summed E-state index contributed by atoms with van der Waals surface area (Å²) in [6, 6.07) is 3.80. The van der Waals surface area contributed by atoms with E-state index in [0.717, 1.165) is 5.70 Å². The minimum absolute atomic E-state index is 0.343. The molecule has 2 aliphatic rings. The van der Waals surface area contributed by atoms with Crippen molar-refractivity contribution in [2.45, 2.75) is 56.2 Å². The fourth-order valence-electron chi connectivity index (χ4n) is 4.00. The van der Waals surface area contributed by atoms with Gasteiger partial charge in [0.25, 0.3) is 0 Å². The fraction of sp³-hybridized carbons (Fsp3) is 0.429. The number of allylic oxidation sites excluding steroid dienone is 2. The molecule has 1 fully saturated rings. The van der Waals surface area contributed by atoms with Crippen LogP contribution >= 0.6 is 0 Å². The third-order valence-electron chi connectivity index (χ3n) is 5.82. The van der Waals surface area contributed by atoms with Gasteiger partial charge in [-0.15, -0.1) is 0 Å². The number of carbonyl (C=O) groups is 1. The highest BCUT2D eigenvalue weighted by Crippen LogP contribution is 2.32. The predicted octanol–water partition coefficient (Wildman–Crippen LogP) is 3.55. The molecule has 2 heterocycles. The number of rotatable bonds is 5. The molecule has 6 nitrogen and oxygen atoms in total. The van der Waals surface area contributed by atoms with Crippen molar-refractivity contribution in [1.82, 2.24) is 14.3 Å². The van der Waals surface area contributed by atoms with Crippen LogP contribution in [0.2, 0.25) is 0 Å². The highest BCUT2D eigenvalue weighted by molar-refractivity contribution is 7.91. The molecule has 0 aliphatic heterocycles. The molecule has 1 N–H and O–H groups in total. The van der Waals surface area contributed by atoms with Crippen LogP contribution in [0, 0.1) is 0 Å². The first-order chi connectivity index (χ1) is 13.4. The van der Waals surface area contributed by atoms with Crippen LogP contribution in [-0.2, 0) is 10.0 Å². The molecule has 0 bridgehead atoms. The minimum atomic E-state index is -3.71. The minimum Gasteiger partial charge on any atom is -0.383 e. The van der Waals surface area contributed by atoms with Gasteiger partial charge in [-0.3, -0.25) is 4.79 Å². The SMILES string of the molecule is CC1(S(=O)(=O)n2ccc3cc(C=O)cnc32)C=CC(NC2CCCCC2)=CC1. The number of nitrogens with one attached hydrogen (secondary N) is 1. The lowest BCUT2D eigenvalue weighted by atomic mass is 9.94. The van der Waals surface area contributed by atoms with Gasteiger partial charge in [0.15, 0.2) is 11.9 Å². The number of nitrogens with zero attached hydrogens (tertiary/aromatic N) is 2. The van der Waals surface area contributed by atoms with Crippen LogP contribution in [0.3, 0.4) is 0 Å². The van der Waals surface area contributed by atoms with E-state index in [9.17, 15) is 13.2 Å². The molecule has 2 aliphatic carbocycles. The molecule has 4 rings (SSSR count). The Morgan fingerprint density at radius 3 is 2.75 bits per heavy atom. The van der Waals surface area contributed by atoms with Crippen molar-refractivity contribution in [3.8, 4) is 0 Å². The molecule has 7 heteroatoms. The number of fused-ring (bicyclic) bond motifs is 1. The molecule has 0 amide bonds. The Balaban J connectivity index is 1.58. The summed E-state index contributed by atoms with van der Waals surface area (Å²) in [4.78, 5) is 15.1. The van der Waals surface area contributed by atoms with E-state index in [0.29, 0.717) is 35.3 Å². The molecule has 0 radical (unpaired) electrons. The van der Waals surface area contributed by atoms with Gasteiger partial charge in [-0.25, -0.2) is 17.4 Å². The maximum absolute atomic E-state index is 13.4. The molecule has 0 spiro atoms. The van der Waals surface area contributed by atoms with Crippen LogP contribution in [0.15, 0.2) is 48.5 Å². The van der Waals surface area contributed by atoms with E-state index in [1.165, 1.54) is 48.5 Å². The third-order valence-corrected chi connectivity index (χ3v) is 8.11. The predicted molar refractivity (Wildman–Crippen MR) is 110 cm³/mol. The molecule has 2 aromatic heterocycles. The van der Waals surface area contributed by atoms with E-state index in [4.69, 9.17) is 0 Å². The van der Waals surface area contributed by atoms with Crippen molar-refractivity contribution in [3.63, 3.8) is 0 Å². The molecule has 1 saturated carbocycles.